The number of amides is 1. The van der Waals surface area contributed by atoms with E-state index in [0.29, 0.717) is 5.75 Å². The van der Waals surface area contributed by atoms with E-state index in [-0.39, 0.29) is 26.9 Å². The molecule has 3 aromatic rings. The first-order valence-corrected chi connectivity index (χ1v) is 10.3. The summed E-state index contributed by atoms with van der Waals surface area (Å²) >= 11 is 6.05. The fraction of sp³-hybridized carbons (Fsp3) is 0.0500. The molecule has 0 atom stereocenters. The molecule has 1 amide bonds. The van der Waals surface area contributed by atoms with Gasteiger partial charge in [-0.2, -0.15) is 0 Å². The summed E-state index contributed by atoms with van der Waals surface area (Å²) in [4.78, 5) is 12.1. The normalized spacial score (nSPS) is 11.1. The number of ether oxygens (including phenoxy) is 1. The van der Waals surface area contributed by atoms with Crippen molar-refractivity contribution in [3.05, 3.63) is 82.9 Å². The molecule has 0 bridgehead atoms. The lowest BCUT2D eigenvalue weighted by Crippen LogP contribution is -2.17. The smallest absolute Gasteiger partial charge is 0.263 e. The van der Waals surface area contributed by atoms with Crippen LogP contribution in [0.1, 0.15) is 10.4 Å². The van der Waals surface area contributed by atoms with Crippen molar-refractivity contribution in [2.75, 3.05) is 17.1 Å². The van der Waals surface area contributed by atoms with Crippen molar-refractivity contribution < 1.29 is 26.7 Å². The molecule has 156 valence electrons. The molecule has 10 heteroatoms. The second-order valence-electron chi connectivity index (χ2n) is 6.03. The highest BCUT2D eigenvalue weighted by atomic mass is 35.5. The third kappa shape index (κ3) is 4.69. The van der Waals surface area contributed by atoms with E-state index in [0.717, 1.165) is 18.2 Å². The SMILES string of the molecule is COc1ccccc1NS(=O)(=O)c1cc(C(=O)Nc2ccc(F)c(F)c2)ccc1Cl. The van der Waals surface area contributed by atoms with E-state index in [9.17, 15) is 22.0 Å². The number of anilines is 2. The molecule has 0 saturated heterocycles. The molecule has 0 unspecified atom stereocenters. The van der Waals surface area contributed by atoms with Gasteiger partial charge in [-0.1, -0.05) is 23.7 Å². The Bertz CT molecular complexity index is 1220. The molecule has 30 heavy (non-hydrogen) atoms. The van der Waals surface area contributed by atoms with Crippen LogP contribution < -0.4 is 14.8 Å². The summed E-state index contributed by atoms with van der Waals surface area (Å²) in [5.41, 5.74) is 0.141. The summed E-state index contributed by atoms with van der Waals surface area (Å²) in [7, 11) is -2.78. The Kier molecular flexibility index (Phi) is 6.23. The van der Waals surface area contributed by atoms with E-state index < -0.39 is 27.6 Å². The van der Waals surface area contributed by atoms with Crippen LogP contribution in [0.5, 0.6) is 5.75 Å². The molecular weight excluding hydrogens is 438 g/mol. The predicted molar refractivity (Wildman–Crippen MR) is 110 cm³/mol. The summed E-state index contributed by atoms with van der Waals surface area (Å²) in [6.45, 7) is 0. The quantitative estimate of drug-likeness (QED) is 0.568. The highest BCUT2D eigenvalue weighted by Crippen LogP contribution is 2.29. The van der Waals surface area contributed by atoms with E-state index in [1.54, 1.807) is 18.2 Å². The third-order valence-electron chi connectivity index (χ3n) is 4.01. The van der Waals surface area contributed by atoms with E-state index in [1.165, 1.54) is 31.4 Å². The van der Waals surface area contributed by atoms with Crippen LogP contribution in [-0.4, -0.2) is 21.4 Å². The van der Waals surface area contributed by atoms with Crippen LogP contribution in [-0.2, 0) is 10.0 Å². The van der Waals surface area contributed by atoms with Crippen LogP contribution in [0.2, 0.25) is 5.02 Å². The maximum absolute atomic E-state index is 13.3. The molecule has 0 aliphatic heterocycles. The van der Waals surface area contributed by atoms with Crippen LogP contribution >= 0.6 is 11.6 Å². The Morgan fingerprint density at radius 3 is 2.43 bits per heavy atom. The number of hydrogen-bond donors (Lipinski definition) is 2. The molecule has 3 aromatic carbocycles. The van der Waals surface area contributed by atoms with Crippen molar-refractivity contribution >= 4 is 38.9 Å². The molecule has 0 aliphatic rings. The molecule has 0 spiro atoms. The number of carbonyl (C=O) groups is 1. The third-order valence-corrected chi connectivity index (χ3v) is 5.86. The maximum Gasteiger partial charge on any atom is 0.263 e. The Morgan fingerprint density at radius 1 is 1.00 bits per heavy atom. The van der Waals surface area contributed by atoms with Crippen molar-refractivity contribution in [3.63, 3.8) is 0 Å². The Hall–Kier alpha value is -3.17. The van der Waals surface area contributed by atoms with Gasteiger partial charge >= 0.3 is 0 Å². The fourth-order valence-corrected chi connectivity index (χ4v) is 4.15. The topological polar surface area (TPSA) is 84.5 Å². The van der Waals surface area contributed by atoms with Crippen molar-refractivity contribution in [2.45, 2.75) is 4.90 Å². The summed E-state index contributed by atoms with van der Waals surface area (Å²) in [6, 6.07) is 12.8. The number of carbonyl (C=O) groups excluding carboxylic acids is 1. The zero-order chi connectivity index (χ0) is 21.9. The summed E-state index contributed by atoms with van der Waals surface area (Å²) < 4.78 is 59.5. The molecule has 0 saturated carbocycles. The van der Waals surface area contributed by atoms with Gasteiger partial charge in [-0.05, 0) is 42.5 Å². The van der Waals surface area contributed by atoms with Crippen LogP contribution in [0, 0.1) is 11.6 Å². The van der Waals surface area contributed by atoms with Crippen molar-refractivity contribution in [2.24, 2.45) is 0 Å². The average molecular weight is 453 g/mol. The van der Waals surface area contributed by atoms with Gasteiger partial charge in [0, 0.05) is 17.3 Å². The molecule has 0 heterocycles. The molecule has 0 aromatic heterocycles. The van der Waals surface area contributed by atoms with E-state index >= 15 is 0 Å². The molecule has 0 radical (unpaired) electrons. The standard InChI is InChI=1S/C20H15ClF2N2O4S/c1-29-18-5-3-2-4-17(18)25-30(27,28)19-10-12(6-8-14(19)21)20(26)24-13-7-9-15(22)16(23)11-13/h2-11,25H,1H3,(H,24,26). The minimum Gasteiger partial charge on any atom is -0.495 e. The van der Waals surface area contributed by atoms with E-state index in [2.05, 4.69) is 10.0 Å². The molecule has 3 rings (SSSR count). The first-order valence-electron chi connectivity index (χ1n) is 8.43. The fourth-order valence-electron chi connectivity index (χ4n) is 2.56. The van der Waals surface area contributed by atoms with Gasteiger partial charge in [0.05, 0.1) is 17.8 Å². The monoisotopic (exact) mass is 452 g/mol. The zero-order valence-electron chi connectivity index (χ0n) is 15.4. The largest absolute Gasteiger partial charge is 0.495 e. The highest BCUT2D eigenvalue weighted by Gasteiger charge is 2.22. The molecule has 0 aliphatic carbocycles. The minimum atomic E-state index is -4.17. The number of hydrogen-bond acceptors (Lipinski definition) is 4. The minimum absolute atomic E-state index is 0.00500. The second-order valence-corrected chi connectivity index (χ2v) is 8.09. The van der Waals surface area contributed by atoms with E-state index in [1.807, 2.05) is 0 Å². The second kappa shape index (κ2) is 8.68. The van der Waals surface area contributed by atoms with Crippen molar-refractivity contribution in [1.29, 1.82) is 0 Å². The van der Waals surface area contributed by atoms with Gasteiger partial charge in [-0.25, -0.2) is 17.2 Å². The van der Waals surface area contributed by atoms with Crippen molar-refractivity contribution in [3.8, 4) is 5.75 Å². The van der Waals surface area contributed by atoms with Crippen LogP contribution in [0.15, 0.2) is 65.6 Å². The molecule has 6 nitrogen and oxygen atoms in total. The maximum atomic E-state index is 13.3. The molecule has 0 fully saturated rings. The Balaban J connectivity index is 1.90. The Labute approximate surface area is 176 Å². The number of nitrogens with one attached hydrogen (secondary N) is 2. The average Bonchev–Trinajstić information content (AvgIpc) is 2.71. The highest BCUT2D eigenvalue weighted by molar-refractivity contribution is 7.92. The van der Waals surface area contributed by atoms with Crippen LogP contribution in [0.4, 0.5) is 20.2 Å². The predicted octanol–water partition coefficient (Wildman–Crippen LogP) is 4.68. The van der Waals surface area contributed by atoms with Gasteiger partial charge in [-0.15, -0.1) is 0 Å². The first kappa shape index (κ1) is 21.5. The van der Waals surface area contributed by atoms with Gasteiger partial charge in [0.15, 0.2) is 11.6 Å². The van der Waals surface area contributed by atoms with Gasteiger partial charge < -0.3 is 10.1 Å². The molecular formula is C20H15ClF2N2O4S. The number of para-hydroxylation sites is 2. The van der Waals surface area contributed by atoms with E-state index in [4.69, 9.17) is 16.3 Å². The van der Waals surface area contributed by atoms with Crippen molar-refractivity contribution in [1.82, 2.24) is 0 Å². The number of benzene rings is 3. The number of methoxy groups -OCH3 is 1. The van der Waals surface area contributed by atoms with Crippen LogP contribution in [0.3, 0.4) is 0 Å². The summed E-state index contributed by atoms with van der Waals surface area (Å²) in [6.07, 6.45) is 0. The Morgan fingerprint density at radius 2 is 1.73 bits per heavy atom. The first-order chi connectivity index (χ1) is 14.2. The lowest BCUT2D eigenvalue weighted by atomic mass is 10.2. The lowest BCUT2D eigenvalue weighted by molar-refractivity contribution is 0.102. The number of halogens is 3. The van der Waals surface area contributed by atoms with Gasteiger partial charge in [0.2, 0.25) is 0 Å². The summed E-state index contributed by atoms with van der Waals surface area (Å²) in [5, 5.41) is 2.26. The van der Waals surface area contributed by atoms with Gasteiger partial charge in [0.25, 0.3) is 15.9 Å². The number of sulfonamides is 1. The molecule has 2 N–H and O–H groups in total. The zero-order valence-corrected chi connectivity index (χ0v) is 17.0. The lowest BCUT2D eigenvalue weighted by Gasteiger charge is -2.13. The van der Waals surface area contributed by atoms with Gasteiger partial charge in [0.1, 0.15) is 10.6 Å². The van der Waals surface area contributed by atoms with Crippen LogP contribution in [0.25, 0.3) is 0 Å². The van der Waals surface area contributed by atoms with Gasteiger partial charge in [-0.3, -0.25) is 9.52 Å². The number of rotatable bonds is 6. The summed E-state index contributed by atoms with van der Waals surface area (Å²) in [5.74, 6) is -2.63.